The molecule has 2 aromatic heterocycles. The number of fused-ring (bicyclic) bond motifs is 1. The number of aromatic nitrogens is 4. The van der Waals surface area contributed by atoms with E-state index in [1.165, 1.54) is 23.3 Å². The van der Waals surface area contributed by atoms with Gasteiger partial charge < -0.3 is 14.9 Å². The molecule has 5 rings (SSSR count). The van der Waals surface area contributed by atoms with Crippen molar-refractivity contribution in [3.63, 3.8) is 0 Å². The number of hydrogen-bond donors (Lipinski definition) is 1. The van der Waals surface area contributed by atoms with E-state index in [1.54, 1.807) is 30.9 Å². The zero-order valence-corrected chi connectivity index (χ0v) is 19.9. The Morgan fingerprint density at radius 2 is 1.74 bits per heavy atom. The highest BCUT2D eigenvalue weighted by atomic mass is 19.1. The van der Waals surface area contributed by atoms with E-state index in [4.69, 9.17) is 4.98 Å². The average molecular weight is 465 g/mol. The smallest absolute Gasteiger partial charge is 0.259 e. The van der Waals surface area contributed by atoms with Crippen molar-refractivity contribution < 1.29 is 14.3 Å². The lowest BCUT2D eigenvalue weighted by Crippen LogP contribution is -2.35. The summed E-state index contributed by atoms with van der Waals surface area (Å²) in [6, 6.07) is 6.57. The minimum Gasteiger partial charge on any atom is -0.384 e. The molecule has 2 saturated heterocycles. The third-order valence-electron chi connectivity index (χ3n) is 7.04. The van der Waals surface area contributed by atoms with Gasteiger partial charge in [-0.1, -0.05) is 6.07 Å². The predicted octanol–water partition coefficient (Wildman–Crippen LogP) is 2.85. The molecule has 0 radical (unpaired) electrons. The van der Waals surface area contributed by atoms with Crippen LogP contribution in [0.25, 0.3) is 5.69 Å². The third-order valence-corrected chi connectivity index (χ3v) is 7.04. The largest absolute Gasteiger partial charge is 0.384 e. The van der Waals surface area contributed by atoms with Crippen molar-refractivity contribution in [2.45, 2.75) is 33.3 Å². The lowest BCUT2D eigenvalue weighted by molar-refractivity contribution is 0.0729. The summed E-state index contributed by atoms with van der Waals surface area (Å²) >= 11 is 0. The minimum atomic E-state index is -1.02. The summed E-state index contributed by atoms with van der Waals surface area (Å²) in [6.45, 7) is 10.2. The third kappa shape index (κ3) is 3.83. The van der Waals surface area contributed by atoms with Crippen LogP contribution in [0.15, 0.2) is 36.7 Å². The van der Waals surface area contributed by atoms with Crippen molar-refractivity contribution in [2.75, 3.05) is 31.1 Å². The van der Waals surface area contributed by atoms with Crippen LogP contribution in [-0.2, 0) is 5.60 Å². The van der Waals surface area contributed by atoms with Gasteiger partial charge in [-0.3, -0.25) is 4.79 Å². The van der Waals surface area contributed by atoms with E-state index in [2.05, 4.69) is 21.2 Å². The fourth-order valence-electron chi connectivity index (χ4n) is 5.21. The SMILES string of the molecule is Cc1cc(N2CC3CN(C(=O)c4c(F)cccc4-n4nccn4)CC3C2)nc(C(C)(C)O)c1C. The molecule has 3 aromatic rings. The van der Waals surface area contributed by atoms with Crippen molar-refractivity contribution >= 4 is 11.7 Å². The van der Waals surface area contributed by atoms with Gasteiger partial charge in [0.25, 0.3) is 5.91 Å². The first-order valence-corrected chi connectivity index (χ1v) is 11.5. The predicted molar refractivity (Wildman–Crippen MR) is 125 cm³/mol. The quantitative estimate of drug-likeness (QED) is 0.639. The molecule has 1 N–H and O–H groups in total. The summed E-state index contributed by atoms with van der Waals surface area (Å²) in [6.07, 6.45) is 3.00. The first-order valence-electron chi connectivity index (χ1n) is 11.5. The Hall–Kier alpha value is -3.33. The molecule has 2 aliphatic heterocycles. The van der Waals surface area contributed by atoms with Crippen molar-refractivity contribution in [3.05, 3.63) is 64.9 Å². The lowest BCUT2D eigenvalue weighted by atomic mass is 9.97. The fraction of sp³-hybridized carbons (Fsp3) is 0.440. The number of pyridine rings is 1. The van der Waals surface area contributed by atoms with E-state index >= 15 is 0 Å². The Bertz CT molecular complexity index is 1220. The second-order valence-electron chi connectivity index (χ2n) is 9.92. The number of likely N-dealkylation sites (tertiary alicyclic amines) is 1. The highest BCUT2D eigenvalue weighted by molar-refractivity contribution is 5.98. The number of aryl methyl sites for hydroxylation is 1. The van der Waals surface area contributed by atoms with Crippen molar-refractivity contribution in [1.29, 1.82) is 0 Å². The molecular formula is C25H29FN6O2. The first kappa shape index (κ1) is 22.5. The number of aliphatic hydroxyl groups is 1. The van der Waals surface area contributed by atoms with Gasteiger partial charge in [-0.15, -0.1) is 0 Å². The monoisotopic (exact) mass is 464 g/mol. The molecule has 2 fully saturated rings. The molecule has 178 valence electrons. The van der Waals surface area contributed by atoms with E-state index in [0.717, 1.165) is 30.0 Å². The number of amides is 1. The molecule has 34 heavy (non-hydrogen) atoms. The highest BCUT2D eigenvalue weighted by Gasteiger charge is 2.43. The molecule has 2 atom stereocenters. The van der Waals surface area contributed by atoms with Gasteiger partial charge >= 0.3 is 0 Å². The number of nitrogens with zero attached hydrogens (tertiary/aromatic N) is 6. The van der Waals surface area contributed by atoms with Gasteiger partial charge in [0, 0.05) is 38.0 Å². The molecule has 0 spiro atoms. The van der Waals surface area contributed by atoms with Gasteiger partial charge in [0.05, 0.1) is 18.1 Å². The Kier molecular flexibility index (Phi) is 5.39. The maximum Gasteiger partial charge on any atom is 0.259 e. The van der Waals surface area contributed by atoms with E-state index in [-0.39, 0.29) is 23.3 Å². The van der Waals surface area contributed by atoms with E-state index in [1.807, 2.05) is 13.8 Å². The van der Waals surface area contributed by atoms with Crippen molar-refractivity contribution in [2.24, 2.45) is 11.8 Å². The summed E-state index contributed by atoms with van der Waals surface area (Å²) in [7, 11) is 0. The molecule has 0 bridgehead atoms. The van der Waals surface area contributed by atoms with Gasteiger partial charge in [0.15, 0.2) is 0 Å². The standard InChI is InChI=1S/C25H29FN6O2/c1-15-10-21(29-23(16(15)2)25(3,4)34)30-11-17-13-31(14-18(17)12-30)24(33)22-19(26)6-5-7-20(22)32-27-8-9-28-32/h5-10,17-18,34H,11-14H2,1-4H3. The van der Waals surface area contributed by atoms with Crippen LogP contribution >= 0.6 is 0 Å². The van der Waals surface area contributed by atoms with Crippen LogP contribution in [0.2, 0.25) is 0 Å². The van der Waals surface area contributed by atoms with Gasteiger partial charge in [0.2, 0.25) is 0 Å². The van der Waals surface area contributed by atoms with Crippen LogP contribution in [0.1, 0.15) is 41.0 Å². The summed E-state index contributed by atoms with van der Waals surface area (Å²) in [5, 5.41) is 18.7. The second kappa shape index (κ2) is 8.16. The van der Waals surface area contributed by atoms with Crippen LogP contribution in [0.4, 0.5) is 10.2 Å². The average Bonchev–Trinajstić information content (AvgIpc) is 3.50. The highest BCUT2D eigenvalue weighted by Crippen LogP contribution is 2.36. The minimum absolute atomic E-state index is 0.00109. The van der Waals surface area contributed by atoms with E-state index < -0.39 is 11.4 Å². The van der Waals surface area contributed by atoms with Crippen LogP contribution in [0, 0.1) is 31.5 Å². The van der Waals surface area contributed by atoms with Gasteiger partial charge in [-0.25, -0.2) is 9.37 Å². The molecule has 0 saturated carbocycles. The number of carbonyl (C=O) groups is 1. The maximum atomic E-state index is 14.8. The number of rotatable bonds is 4. The molecule has 2 unspecified atom stereocenters. The molecular weight excluding hydrogens is 435 g/mol. The number of halogens is 1. The first-order chi connectivity index (χ1) is 16.1. The van der Waals surface area contributed by atoms with Crippen LogP contribution in [0.5, 0.6) is 0 Å². The van der Waals surface area contributed by atoms with Gasteiger partial charge in [-0.2, -0.15) is 15.0 Å². The molecule has 9 heteroatoms. The zero-order chi connectivity index (χ0) is 24.2. The topological polar surface area (TPSA) is 87.4 Å². The Balaban J connectivity index is 1.35. The van der Waals surface area contributed by atoms with Crippen molar-refractivity contribution in [3.8, 4) is 5.69 Å². The summed E-state index contributed by atoms with van der Waals surface area (Å²) in [4.78, 5) is 23.4. The van der Waals surface area contributed by atoms with Gasteiger partial charge in [0.1, 0.15) is 28.5 Å². The van der Waals surface area contributed by atoms with E-state index in [0.29, 0.717) is 24.5 Å². The summed E-state index contributed by atoms with van der Waals surface area (Å²) < 4.78 is 14.8. The Labute approximate surface area is 198 Å². The van der Waals surface area contributed by atoms with Crippen LogP contribution < -0.4 is 4.90 Å². The number of carbonyl (C=O) groups excluding carboxylic acids is 1. The number of benzene rings is 1. The molecule has 8 nitrogen and oxygen atoms in total. The fourth-order valence-corrected chi connectivity index (χ4v) is 5.21. The maximum absolute atomic E-state index is 14.8. The summed E-state index contributed by atoms with van der Waals surface area (Å²) in [5.41, 5.74) is 2.10. The molecule has 1 aromatic carbocycles. The molecule has 0 aliphatic carbocycles. The molecule has 2 aliphatic rings. The number of anilines is 1. The molecule has 4 heterocycles. The Morgan fingerprint density at radius 1 is 1.09 bits per heavy atom. The summed E-state index contributed by atoms with van der Waals surface area (Å²) in [5.74, 6) is 0.498. The van der Waals surface area contributed by atoms with Crippen molar-refractivity contribution in [1.82, 2.24) is 24.9 Å². The normalized spacial score (nSPS) is 20.2. The van der Waals surface area contributed by atoms with Crippen LogP contribution in [0.3, 0.4) is 0 Å². The van der Waals surface area contributed by atoms with E-state index in [9.17, 15) is 14.3 Å². The Morgan fingerprint density at radius 3 is 2.35 bits per heavy atom. The molecule has 1 amide bonds. The van der Waals surface area contributed by atoms with Gasteiger partial charge in [-0.05, 0) is 57.0 Å². The second-order valence-corrected chi connectivity index (χ2v) is 9.92. The van der Waals surface area contributed by atoms with Crippen LogP contribution in [-0.4, -0.2) is 62.1 Å². The number of hydrogen-bond acceptors (Lipinski definition) is 6. The zero-order valence-electron chi connectivity index (χ0n) is 19.9. The lowest BCUT2D eigenvalue weighted by Gasteiger charge is -2.26.